The van der Waals surface area contributed by atoms with Gasteiger partial charge in [-0.25, -0.2) is 4.79 Å². The molecule has 1 amide bonds. The van der Waals surface area contributed by atoms with E-state index in [-0.39, 0.29) is 11.4 Å². The third-order valence-electron chi connectivity index (χ3n) is 4.17. The van der Waals surface area contributed by atoms with Crippen LogP contribution >= 0.6 is 0 Å². The Morgan fingerprint density at radius 3 is 2.53 bits per heavy atom. The van der Waals surface area contributed by atoms with E-state index in [2.05, 4.69) is 10.5 Å². The normalized spacial score (nSPS) is 11.4. The molecule has 1 N–H and O–H groups in total. The van der Waals surface area contributed by atoms with E-state index >= 15 is 0 Å². The summed E-state index contributed by atoms with van der Waals surface area (Å²) in [5, 5.41) is 6.19. The van der Waals surface area contributed by atoms with Crippen molar-refractivity contribution in [3.63, 3.8) is 0 Å². The van der Waals surface area contributed by atoms with Gasteiger partial charge in [-0.15, -0.1) is 0 Å². The van der Waals surface area contributed by atoms with Gasteiger partial charge < -0.3 is 24.1 Å². The number of nitrogens with zero attached hydrogens (tertiary/aromatic N) is 1. The summed E-state index contributed by atoms with van der Waals surface area (Å²) in [6.45, 7) is 3.53. The van der Waals surface area contributed by atoms with E-state index in [0.29, 0.717) is 23.9 Å². The largest absolute Gasteiger partial charge is 0.493 e. The van der Waals surface area contributed by atoms with Gasteiger partial charge in [0.05, 0.1) is 12.7 Å². The molecule has 0 spiro atoms. The number of rotatable bonds is 8. The predicted molar refractivity (Wildman–Crippen MR) is 109 cm³/mol. The van der Waals surface area contributed by atoms with Crippen LogP contribution in [0.5, 0.6) is 11.5 Å². The summed E-state index contributed by atoms with van der Waals surface area (Å²) in [5.41, 5.74) is 1.24. The number of aromatic nitrogens is 1. The van der Waals surface area contributed by atoms with Gasteiger partial charge in [0.25, 0.3) is 5.91 Å². The number of anilines is 1. The van der Waals surface area contributed by atoms with Crippen molar-refractivity contribution in [2.75, 3.05) is 12.4 Å². The number of aryl methyl sites for hydroxylation is 1. The number of amides is 1. The number of ether oxygens (including phenoxy) is 3. The molecule has 1 unspecified atom stereocenters. The zero-order chi connectivity index (χ0) is 21.5. The molecule has 3 rings (SSSR count). The Labute approximate surface area is 173 Å². The number of esters is 1. The van der Waals surface area contributed by atoms with Gasteiger partial charge in [-0.05, 0) is 37.6 Å². The van der Waals surface area contributed by atoms with Crippen molar-refractivity contribution in [1.29, 1.82) is 0 Å². The number of hydrogen-bond acceptors (Lipinski definition) is 7. The molecule has 0 aliphatic heterocycles. The quantitative estimate of drug-likeness (QED) is 0.565. The van der Waals surface area contributed by atoms with Crippen molar-refractivity contribution in [2.24, 2.45) is 0 Å². The van der Waals surface area contributed by atoms with E-state index in [1.807, 2.05) is 30.3 Å². The lowest BCUT2D eigenvalue weighted by Gasteiger charge is -2.14. The molecule has 0 bridgehead atoms. The number of carbonyl (C=O) groups excluding carboxylic acids is 2. The van der Waals surface area contributed by atoms with E-state index in [4.69, 9.17) is 18.7 Å². The minimum absolute atomic E-state index is 0.232. The molecule has 0 fully saturated rings. The topological polar surface area (TPSA) is 99.9 Å². The SMILES string of the molecule is COc1cc(C(=O)OC(C)C(=O)Nc2cc(C)on2)ccc1OCc1ccccc1. The van der Waals surface area contributed by atoms with Crippen molar-refractivity contribution < 1.29 is 28.3 Å². The van der Waals surface area contributed by atoms with Crippen LogP contribution in [0.15, 0.2) is 59.1 Å². The van der Waals surface area contributed by atoms with Crippen LogP contribution in [0, 0.1) is 6.92 Å². The first kappa shape index (κ1) is 20.9. The van der Waals surface area contributed by atoms with Crippen LogP contribution in [0.1, 0.15) is 28.6 Å². The zero-order valence-electron chi connectivity index (χ0n) is 16.9. The molecule has 2 aromatic carbocycles. The fraction of sp³-hybridized carbons (Fsp3) is 0.227. The molecule has 1 atom stereocenters. The lowest BCUT2D eigenvalue weighted by atomic mass is 10.2. The monoisotopic (exact) mass is 410 g/mol. The molecular formula is C22H22N2O6. The lowest BCUT2D eigenvalue weighted by Crippen LogP contribution is -2.30. The first-order valence-corrected chi connectivity index (χ1v) is 9.26. The average Bonchev–Trinajstić information content (AvgIpc) is 3.17. The van der Waals surface area contributed by atoms with Gasteiger partial charge in [-0.2, -0.15) is 0 Å². The average molecular weight is 410 g/mol. The standard InChI is InChI=1S/C22H22N2O6/c1-14-11-20(24-30-14)23-21(25)15(2)29-22(26)17-9-10-18(19(12-17)27-3)28-13-16-7-5-4-6-8-16/h4-12,15H,13H2,1-3H3,(H,23,24,25). The Balaban J connectivity index is 1.61. The fourth-order valence-corrected chi connectivity index (χ4v) is 2.58. The van der Waals surface area contributed by atoms with Crippen LogP contribution in [0.3, 0.4) is 0 Å². The summed E-state index contributed by atoms with van der Waals surface area (Å²) < 4.78 is 21.2. The van der Waals surface area contributed by atoms with Crippen LogP contribution in [0.25, 0.3) is 0 Å². The predicted octanol–water partition coefficient (Wildman–Crippen LogP) is 3.75. The number of carbonyl (C=O) groups is 2. The van der Waals surface area contributed by atoms with Gasteiger partial charge in [0.15, 0.2) is 23.4 Å². The molecule has 3 aromatic rings. The molecule has 0 aliphatic rings. The Morgan fingerprint density at radius 1 is 1.10 bits per heavy atom. The summed E-state index contributed by atoms with van der Waals surface area (Å²) in [5.74, 6) is 0.493. The van der Waals surface area contributed by atoms with Gasteiger partial charge in [-0.1, -0.05) is 35.5 Å². The van der Waals surface area contributed by atoms with Gasteiger partial charge >= 0.3 is 5.97 Å². The second-order valence-electron chi connectivity index (χ2n) is 6.50. The van der Waals surface area contributed by atoms with Gasteiger partial charge in [-0.3, -0.25) is 4.79 Å². The highest BCUT2D eigenvalue weighted by atomic mass is 16.5. The number of nitrogens with one attached hydrogen (secondary N) is 1. The first-order valence-electron chi connectivity index (χ1n) is 9.26. The Kier molecular flexibility index (Phi) is 6.69. The van der Waals surface area contributed by atoms with Crippen molar-refractivity contribution in [1.82, 2.24) is 5.16 Å². The zero-order valence-corrected chi connectivity index (χ0v) is 16.9. The Bertz CT molecular complexity index is 1020. The Morgan fingerprint density at radius 2 is 1.87 bits per heavy atom. The first-order chi connectivity index (χ1) is 14.5. The van der Waals surface area contributed by atoms with Gasteiger partial charge in [0.2, 0.25) is 0 Å². The maximum Gasteiger partial charge on any atom is 0.339 e. The third kappa shape index (κ3) is 5.38. The van der Waals surface area contributed by atoms with Crippen molar-refractivity contribution in [3.8, 4) is 11.5 Å². The minimum Gasteiger partial charge on any atom is -0.493 e. The highest BCUT2D eigenvalue weighted by Crippen LogP contribution is 2.29. The van der Waals surface area contributed by atoms with E-state index in [9.17, 15) is 9.59 Å². The highest BCUT2D eigenvalue weighted by molar-refractivity contribution is 5.97. The second kappa shape index (κ2) is 9.60. The summed E-state index contributed by atoms with van der Waals surface area (Å²) in [6, 6.07) is 15.9. The van der Waals surface area contributed by atoms with Crippen LogP contribution < -0.4 is 14.8 Å². The fourth-order valence-electron chi connectivity index (χ4n) is 2.58. The highest BCUT2D eigenvalue weighted by Gasteiger charge is 2.21. The van der Waals surface area contributed by atoms with Crippen LogP contribution in [0.2, 0.25) is 0 Å². The van der Waals surface area contributed by atoms with Crippen molar-refractivity contribution >= 4 is 17.7 Å². The molecule has 1 aromatic heterocycles. The van der Waals surface area contributed by atoms with Gasteiger partial charge in [0.1, 0.15) is 12.4 Å². The molecule has 0 saturated carbocycles. The summed E-state index contributed by atoms with van der Waals surface area (Å²) >= 11 is 0. The van der Waals surface area contributed by atoms with Crippen molar-refractivity contribution in [2.45, 2.75) is 26.6 Å². The number of hydrogen-bond donors (Lipinski definition) is 1. The smallest absolute Gasteiger partial charge is 0.339 e. The number of methoxy groups -OCH3 is 1. The molecule has 156 valence electrons. The van der Waals surface area contributed by atoms with Crippen LogP contribution in [-0.4, -0.2) is 30.2 Å². The van der Waals surface area contributed by atoms with E-state index in [0.717, 1.165) is 5.56 Å². The third-order valence-corrected chi connectivity index (χ3v) is 4.17. The van der Waals surface area contributed by atoms with Crippen LogP contribution in [0.4, 0.5) is 5.82 Å². The molecule has 8 nitrogen and oxygen atoms in total. The van der Waals surface area contributed by atoms with Gasteiger partial charge in [0, 0.05) is 6.07 Å². The van der Waals surface area contributed by atoms with Crippen molar-refractivity contribution in [3.05, 3.63) is 71.5 Å². The summed E-state index contributed by atoms with van der Waals surface area (Å²) in [7, 11) is 1.48. The summed E-state index contributed by atoms with van der Waals surface area (Å²) in [6.07, 6.45) is -1.03. The van der Waals surface area contributed by atoms with Crippen LogP contribution in [-0.2, 0) is 16.1 Å². The Hall–Kier alpha value is -3.81. The molecule has 8 heteroatoms. The second-order valence-corrected chi connectivity index (χ2v) is 6.50. The molecule has 1 heterocycles. The van der Waals surface area contributed by atoms with E-state index in [1.165, 1.54) is 20.1 Å². The van der Waals surface area contributed by atoms with E-state index < -0.39 is 18.0 Å². The molecular weight excluding hydrogens is 388 g/mol. The molecule has 30 heavy (non-hydrogen) atoms. The molecule has 0 aliphatic carbocycles. The molecule has 0 saturated heterocycles. The minimum atomic E-state index is -1.03. The maximum atomic E-state index is 12.4. The maximum absolute atomic E-state index is 12.4. The summed E-state index contributed by atoms with van der Waals surface area (Å²) in [4.78, 5) is 24.6. The van der Waals surface area contributed by atoms with E-state index in [1.54, 1.807) is 25.1 Å². The molecule has 0 radical (unpaired) electrons. The lowest BCUT2D eigenvalue weighted by molar-refractivity contribution is -0.123. The number of benzene rings is 2.